The van der Waals surface area contributed by atoms with E-state index in [1.807, 2.05) is 27.7 Å². The third-order valence-electron chi connectivity index (χ3n) is 6.34. The van der Waals surface area contributed by atoms with Gasteiger partial charge in [0.15, 0.2) is 11.6 Å². The van der Waals surface area contributed by atoms with E-state index in [9.17, 15) is 0 Å². The molecule has 4 rings (SSSR count). The Bertz CT molecular complexity index is 548. The first-order valence-corrected chi connectivity index (χ1v) is 11.2. The Morgan fingerprint density at radius 2 is 1.70 bits per heavy atom. The van der Waals surface area contributed by atoms with E-state index in [0.29, 0.717) is 26.4 Å². The third-order valence-corrected chi connectivity index (χ3v) is 7.85. The number of likely N-dealkylation sites (N-methyl/N-ethyl adjacent to an activating group) is 1. The molecule has 3 saturated heterocycles. The van der Waals surface area contributed by atoms with E-state index in [1.165, 1.54) is 0 Å². The van der Waals surface area contributed by atoms with Crippen LogP contribution in [0.15, 0.2) is 0 Å². The molecule has 4 fully saturated rings. The fraction of sp³-hybridized carbons (Fsp3) is 1.00. The van der Waals surface area contributed by atoms with Crippen LogP contribution in [-0.2, 0) is 28.0 Å². The molecule has 8 heteroatoms. The first kappa shape index (κ1) is 20.4. The predicted molar refractivity (Wildman–Crippen MR) is 101 cm³/mol. The molecule has 0 bridgehead atoms. The minimum atomic E-state index is -0.977. The van der Waals surface area contributed by atoms with Crippen molar-refractivity contribution in [3.8, 4) is 0 Å². The molecule has 3 heterocycles. The SMILES string of the molecule is CN1CCOP1OCC12CCCC3(COC(C)(C)OC3)C1OC(C)(C)OC2. The molecule has 3 unspecified atom stereocenters. The van der Waals surface area contributed by atoms with E-state index in [-0.39, 0.29) is 16.9 Å². The van der Waals surface area contributed by atoms with E-state index in [1.54, 1.807) is 0 Å². The van der Waals surface area contributed by atoms with Crippen molar-refractivity contribution in [1.82, 2.24) is 4.67 Å². The Kier molecular flexibility index (Phi) is 5.40. The first-order valence-electron chi connectivity index (χ1n) is 10.0. The van der Waals surface area contributed by atoms with Crippen LogP contribution < -0.4 is 0 Å². The second-order valence-corrected chi connectivity index (χ2v) is 11.1. The summed E-state index contributed by atoms with van der Waals surface area (Å²) in [5.41, 5.74) is -0.356. The van der Waals surface area contributed by atoms with Crippen molar-refractivity contribution in [3.63, 3.8) is 0 Å². The van der Waals surface area contributed by atoms with E-state index >= 15 is 0 Å². The molecule has 0 aromatic carbocycles. The molecule has 0 aromatic rings. The molecule has 1 spiro atoms. The van der Waals surface area contributed by atoms with Gasteiger partial charge in [0.1, 0.15) is 0 Å². The predicted octanol–water partition coefficient (Wildman–Crippen LogP) is 3.28. The summed E-state index contributed by atoms with van der Waals surface area (Å²) in [6.45, 7) is 12.1. The van der Waals surface area contributed by atoms with Gasteiger partial charge in [0, 0.05) is 17.4 Å². The van der Waals surface area contributed by atoms with E-state index in [0.717, 1.165) is 32.4 Å². The normalized spacial score (nSPS) is 40.8. The number of rotatable bonds is 3. The van der Waals surface area contributed by atoms with Crippen LogP contribution >= 0.6 is 8.53 Å². The molecule has 0 amide bonds. The van der Waals surface area contributed by atoms with Crippen LogP contribution in [0.1, 0.15) is 47.0 Å². The fourth-order valence-corrected chi connectivity index (χ4v) is 6.01. The Labute approximate surface area is 163 Å². The minimum Gasteiger partial charge on any atom is -0.350 e. The quantitative estimate of drug-likeness (QED) is 0.670. The highest BCUT2D eigenvalue weighted by molar-refractivity contribution is 7.44. The lowest BCUT2D eigenvalue weighted by Gasteiger charge is -2.60. The summed E-state index contributed by atoms with van der Waals surface area (Å²) in [7, 11) is 1.08. The molecule has 27 heavy (non-hydrogen) atoms. The van der Waals surface area contributed by atoms with Crippen LogP contribution in [0, 0.1) is 10.8 Å². The van der Waals surface area contributed by atoms with Gasteiger partial charge < -0.3 is 28.0 Å². The molecule has 0 aromatic heterocycles. The molecule has 0 radical (unpaired) electrons. The second kappa shape index (κ2) is 7.13. The molecular weight excluding hydrogens is 369 g/mol. The van der Waals surface area contributed by atoms with Gasteiger partial charge in [0.05, 0.1) is 39.1 Å². The van der Waals surface area contributed by atoms with Gasteiger partial charge in [-0.3, -0.25) is 0 Å². The van der Waals surface area contributed by atoms with Gasteiger partial charge in [-0.1, -0.05) is 6.42 Å². The number of hydrogen-bond donors (Lipinski definition) is 0. The van der Waals surface area contributed by atoms with Crippen molar-refractivity contribution < 1.29 is 28.0 Å². The lowest BCUT2D eigenvalue weighted by molar-refractivity contribution is -0.385. The zero-order valence-electron chi connectivity index (χ0n) is 17.3. The Morgan fingerprint density at radius 1 is 1.00 bits per heavy atom. The molecule has 1 aliphatic carbocycles. The van der Waals surface area contributed by atoms with Gasteiger partial charge in [-0.25, -0.2) is 4.67 Å². The molecule has 3 aliphatic heterocycles. The molecule has 156 valence electrons. The lowest BCUT2D eigenvalue weighted by Crippen LogP contribution is -2.67. The molecule has 1 saturated carbocycles. The molecule has 4 aliphatic rings. The first-order chi connectivity index (χ1) is 12.7. The Balaban J connectivity index is 1.56. The summed E-state index contributed by atoms with van der Waals surface area (Å²) in [5.74, 6) is -1.15. The van der Waals surface area contributed by atoms with Gasteiger partial charge in [0.2, 0.25) is 0 Å². The van der Waals surface area contributed by atoms with E-state index < -0.39 is 20.1 Å². The highest BCUT2D eigenvalue weighted by Crippen LogP contribution is 2.56. The summed E-state index contributed by atoms with van der Waals surface area (Å²) in [6.07, 6.45) is 3.12. The van der Waals surface area contributed by atoms with Crippen molar-refractivity contribution in [2.75, 3.05) is 46.6 Å². The smallest absolute Gasteiger partial charge is 0.258 e. The van der Waals surface area contributed by atoms with Gasteiger partial charge in [-0.15, -0.1) is 0 Å². The summed E-state index contributed by atoms with van der Waals surface area (Å²) < 4.78 is 39.1. The van der Waals surface area contributed by atoms with Gasteiger partial charge in [-0.05, 0) is 47.6 Å². The number of ether oxygens (including phenoxy) is 4. The van der Waals surface area contributed by atoms with Crippen molar-refractivity contribution in [2.45, 2.75) is 64.6 Å². The highest BCUT2D eigenvalue weighted by Gasteiger charge is 2.61. The highest BCUT2D eigenvalue weighted by atomic mass is 31.2. The van der Waals surface area contributed by atoms with Crippen LogP contribution in [0.5, 0.6) is 0 Å². The van der Waals surface area contributed by atoms with Gasteiger partial charge in [-0.2, -0.15) is 0 Å². The second-order valence-electron chi connectivity index (χ2n) is 9.47. The number of hydrogen-bond acceptors (Lipinski definition) is 7. The average molecular weight is 403 g/mol. The standard InChI is InChI=1S/C19H34NO6P/c1-16(2)21-11-18(12-22-16)7-6-8-19(13-23-17(3,4)26-15(18)19)14-25-27-20(5)9-10-24-27/h15H,6-14H2,1-5H3. The van der Waals surface area contributed by atoms with Crippen LogP contribution in [0.25, 0.3) is 0 Å². The van der Waals surface area contributed by atoms with Crippen molar-refractivity contribution in [2.24, 2.45) is 10.8 Å². The minimum absolute atomic E-state index is 0.0264. The van der Waals surface area contributed by atoms with Crippen molar-refractivity contribution >= 4 is 8.53 Å². The maximum absolute atomic E-state index is 6.58. The monoisotopic (exact) mass is 403 g/mol. The summed E-state index contributed by atoms with van der Waals surface area (Å²) in [5, 5.41) is 0. The zero-order valence-corrected chi connectivity index (χ0v) is 18.2. The summed E-state index contributed by atoms with van der Waals surface area (Å²) in [6, 6.07) is 0. The maximum Gasteiger partial charge on any atom is 0.258 e. The maximum atomic E-state index is 6.58. The van der Waals surface area contributed by atoms with Gasteiger partial charge in [0.25, 0.3) is 8.53 Å². The zero-order chi connectivity index (χ0) is 19.3. The average Bonchev–Trinajstić information content (AvgIpc) is 3.02. The molecular formula is C19H34NO6P. The number of nitrogens with zero attached hydrogens (tertiary/aromatic N) is 1. The summed E-state index contributed by atoms with van der Waals surface area (Å²) in [4.78, 5) is 0. The fourth-order valence-electron chi connectivity index (χ4n) is 4.69. The van der Waals surface area contributed by atoms with Gasteiger partial charge >= 0.3 is 0 Å². The van der Waals surface area contributed by atoms with Crippen molar-refractivity contribution in [3.05, 3.63) is 0 Å². The Hall–Kier alpha value is 0.150. The van der Waals surface area contributed by atoms with Crippen LogP contribution in [-0.4, -0.2) is 69.0 Å². The molecule has 3 atom stereocenters. The topological polar surface area (TPSA) is 58.6 Å². The summed E-state index contributed by atoms with van der Waals surface area (Å²) >= 11 is 0. The molecule has 0 N–H and O–H groups in total. The van der Waals surface area contributed by atoms with Crippen molar-refractivity contribution in [1.29, 1.82) is 0 Å². The Morgan fingerprint density at radius 3 is 2.37 bits per heavy atom. The van der Waals surface area contributed by atoms with E-state index in [4.69, 9.17) is 28.0 Å². The number of fused-ring (bicyclic) bond motifs is 2. The third kappa shape index (κ3) is 3.95. The largest absolute Gasteiger partial charge is 0.350 e. The van der Waals surface area contributed by atoms with E-state index in [2.05, 4.69) is 11.7 Å². The van der Waals surface area contributed by atoms with Crippen LogP contribution in [0.3, 0.4) is 0 Å². The van der Waals surface area contributed by atoms with Crippen LogP contribution in [0.4, 0.5) is 0 Å². The molecule has 7 nitrogen and oxygen atoms in total. The van der Waals surface area contributed by atoms with Crippen LogP contribution in [0.2, 0.25) is 0 Å². The lowest BCUT2D eigenvalue weighted by atomic mass is 9.59.